The van der Waals surface area contributed by atoms with Crippen molar-refractivity contribution in [3.05, 3.63) is 11.6 Å². The van der Waals surface area contributed by atoms with Crippen molar-refractivity contribution in [3.63, 3.8) is 0 Å². The van der Waals surface area contributed by atoms with E-state index in [1.807, 2.05) is 0 Å². The van der Waals surface area contributed by atoms with Crippen LogP contribution >= 0.6 is 11.6 Å². The van der Waals surface area contributed by atoms with Crippen LogP contribution in [0.2, 0.25) is 0 Å². The Hall–Kier alpha value is 0.0300. The monoisotopic (exact) mass is 272 g/mol. The highest BCUT2D eigenvalue weighted by molar-refractivity contribution is 6.21. The maximum absolute atomic E-state index is 6.21. The Labute approximate surface area is 120 Å². The van der Waals surface area contributed by atoms with E-state index in [9.17, 15) is 0 Å². The summed E-state index contributed by atoms with van der Waals surface area (Å²) >= 11 is 6.21. The van der Waals surface area contributed by atoms with Crippen molar-refractivity contribution < 1.29 is 0 Å². The van der Waals surface area contributed by atoms with Crippen LogP contribution in [-0.4, -0.2) is 5.38 Å². The molecule has 0 rings (SSSR count). The van der Waals surface area contributed by atoms with Gasteiger partial charge in [0, 0.05) is 0 Å². The van der Waals surface area contributed by atoms with Gasteiger partial charge in [-0.3, -0.25) is 0 Å². The van der Waals surface area contributed by atoms with Gasteiger partial charge >= 0.3 is 0 Å². The smallest absolute Gasteiger partial charge is 0.0518 e. The molecule has 0 radical (unpaired) electrons. The fourth-order valence-corrected chi connectivity index (χ4v) is 2.68. The van der Waals surface area contributed by atoms with E-state index in [0.29, 0.717) is 0 Å². The van der Waals surface area contributed by atoms with Crippen LogP contribution in [0.25, 0.3) is 0 Å². The molecule has 0 fully saturated rings. The van der Waals surface area contributed by atoms with E-state index in [2.05, 4.69) is 26.8 Å². The van der Waals surface area contributed by atoms with Crippen LogP contribution in [0.4, 0.5) is 0 Å². The predicted octanol–water partition coefficient (Wildman–Crippen LogP) is 6.87. The van der Waals surface area contributed by atoms with E-state index in [4.69, 9.17) is 11.6 Å². The summed E-state index contributed by atoms with van der Waals surface area (Å²) in [5, 5.41) is 0.254. The van der Waals surface area contributed by atoms with E-state index in [-0.39, 0.29) is 5.38 Å². The Morgan fingerprint density at radius 2 is 1.28 bits per heavy atom. The van der Waals surface area contributed by atoms with Crippen LogP contribution in [0.15, 0.2) is 11.6 Å². The van der Waals surface area contributed by atoms with Crippen molar-refractivity contribution in [1.29, 1.82) is 0 Å². The van der Waals surface area contributed by atoms with E-state index < -0.39 is 0 Å². The van der Waals surface area contributed by atoms with Crippen LogP contribution < -0.4 is 0 Å². The minimum atomic E-state index is 0.254. The molecular formula is C17H33Cl. The number of allylic oxidation sites excluding steroid dienone is 2. The van der Waals surface area contributed by atoms with Crippen molar-refractivity contribution >= 4 is 11.6 Å². The first-order valence-corrected chi connectivity index (χ1v) is 8.39. The highest BCUT2D eigenvalue weighted by Gasteiger charge is 2.00. The Kier molecular flexibility index (Phi) is 13.5. The van der Waals surface area contributed by atoms with Crippen molar-refractivity contribution in [2.75, 3.05) is 0 Å². The molecule has 0 aromatic carbocycles. The SMILES string of the molecule is CCCCCCCCCCCCC(Cl)C=C(C)C. The third kappa shape index (κ3) is 14.1. The van der Waals surface area contributed by atoms with Gasteiger partial charge in [-0.15, -0.1) is 11.6 Å². The molecule has 0 aromatic rings. The number of hydrogen-bond acceptors (Lipinski definition) is 0. The molecule has 0 aliphatic carbocycles. The van der Waals surface area contributed by atoms with Crippen LogP contribution in [0, 0.1) is 0 Å². The summed E-state index contributed by atoms with van der Waals surface area (Å²) in [7, 11) is 0. The summed E-state index contributed by atoms with van der Waals surface area (Å²) in [4.78, 5) is 0. The Bertz CT molecular complexity index is 192. The van der Waals surface area contributed by atoms with E-state index >= 15 is 0 Å². The van der Waals surface area contributed by atoms with Crippen molar-refractivity contribution in [2.45, 2.75) is 96.8 Å². The lowest BCUT2D eigenvalue weighted by molar-refractivity contribution is 0.551. The molecule has 108 valence electrons. The topological polar surface area (TPSA) is 0 Å². The van der Waals surface area contributed by atoms with Crippen LogP contribution in [0.3, 0.4) is 0 Å². The standard InChI is InChI=1S/C17H33Cl/c1-4-5-6-7-8-9-10-11-12-13-14-17(18)15-16(2)3/h15,17H,4-14H2,1-3H3. The van der Waals surface area contributed by atoms with Crippen molar-refractivity contribution in [2.24, 2.45) is 0 Å². The van der Waals surface area contributed by atoms with Gasteiger partial charge in [0.2, 0.25) is 0 Å². The average Bonchev–Trinajstić information content (AvgIpc) is 2.30. The normalized spacial score (nSPS) is 12.4. The maximum Gasteiger partial charge on any atom is 0.0518 e. The summed E-state index contributed by atoms with van der Waals surface area (Å²) < 4.78 is 0. The Balaban J connectivity index is 3.14. The van der Waals surface area contributed by atoms with Gasteiger partial charge in [-0.05, 0) is 20.3 Å². The lowest BCUT2D eigenvalue weighted by atomic mass is 10.0. The quantitative estimate of drug-likeness (QED) is 0.207. The number of unbranched alkanes of at least 4 members (excludes halogenated alkanes) is 9. The van der Waals surface area contributed by atoms with Gasteiger partial charge in [-0.25, -0.2) is 0 Å². The molecule has 0 nitrogen and oxygen atoms in total. The number of hydrogen-bond donors (Lipinski definition) is 0. The van der Waals surface area contributed by atoms with Gasteiger partial charge in [0.05, 0.1) is 5.38 Å². The average molecular weight is 273 g/mol. The van der Waals surface area contributed by atoms with Gasteiger partial charge in [-0.2, -0.15) is 0 Å². The van der Waals surface area contributed by atoms with Gasteiger partial charge in [0.25, 0.3) is 0 Å². The van der Waals surface area contributed by atoms with Crippen LogP contribution in [0.1, 0.15) is 91.4 Å². The minimum absolute atomic E-state index is 0.254. The highest BCUT2D eigenvalue weighted by atomic mass is 35.5. The zero-order valence-corrected chi connectivity index (χ0v) is 13.6. The molecule has 0 saturated carbocycles. The second kappa shape index (κ2) is 13.5. The minimum Gasteiger partial charge on any atom is -0.118 e. The molecule has 1 atom stereocenters. The number of halogens is 1. The first-order valence-electron chi connectivity index (χ1n) is 7.96. The molecule has 0 aromatic heterocycles. The van der Waals surface area contributed by atoms with Gasteiger partial charge in [-0.1, -0.05) is 82.8 Å². The molecule has 0 aliphatic heterocycles. The van der Waals surface area contributed by atoms with Gasteiger partial charge in [0.15, 0.2) is 0 Å². The third-order valence-electron chi connectivity index (χ3n) is 3.35. The third-order valence-corrected chi connectivity index (χ3v) is 3.69. The predicted molar refractivity (Wildman–Crippen MR) is 85.5 cm³/mol. The zero-order chi connectivity index (χ0) is 13.6. The second-order valence-corrected chi connectivity index (χ2v) is 6.29. The molecular weight excluding hydrogens is 240 g/mol. The molecule has 0 amide bonds. The summed E-state index contributed by atoms with van der Waals surface area (Å²) in [5.74, 6) is 0. The maximum atomic E-state index is 6.21. The fraction of sp³-hybridized carbons (Fsp3) is 0.882. The van der Waals surface area contributed by atoms with Gasteiger partial charge in [0.1, 0.15) is 0 Å². The highest BCUT2D eigenvalue weighted by Crippen LogP contribution is 2.15. The van der Waals surface area contributed by atoms with Gasteiger partial charge < -0.3 is 0 Å². The van der Waals surface area contributed by atoms with E-state index in [0.717, 1.165) is 6.42 Å². The summed E-state index contributed by atoms with van der Waals surface area (Å²) in [5.41, 5.74) is 1.34. The lowest BCUT2D eigenvalue weighted by Gasteiger charge is -2.05. The van der Waals surface area contributed by atoms with Crippen molar-refractivity contribution in [1.82, 2.24) is 0 Å². The number of rotatable bonds is 12. The largest absolute Gasteiger partial charge is 0.118 e. The molecule has 0 heterocycles. The molecule has 0 bridgehead atoms. The fourth-order valence-electron chi connectivity index (χ4n) is 2.27. The summed E-state index contributed by atoms with van der Waals surface area (Å²) in [6.07, 6.45) is 17.3. The van der Waals surface area contributed by atoms with E-state index in [1.165, 1.54) is 69.8 Å². The van der Waals surface area contributed by atoms with Crippen LogP contribution in [-0.2, 0) is 0 Å². The van der Waals surface area contributed by atoms with Crippen LogP contribution in [0.5, 0.6) is 0 Å². The molecule has 0 N–H and O–H groups in total. The lowest BCUT2D eigenvalue weighted by Crippen LogP contribution is -1.94. The zero-order valence-electron chi connectivity index (χ0n) is 12.8. The molecule has 18 heavy (non-hydrogen) atoms. The Morgan fingerprint density at radius 3 is 1.72 bits per heavy atom. The van der Waals surface area contributed by atoms with Crippen molar-refractivity contribution in [3.8, 4) is 0 Å². The molecule has 0 spiro atoms. The molecule has 0 saturated heterocycles. The molecule has 1 heteroatoms. The number of alkyl halides is 1. The summed E-state index contributed by atoms with van der Waals surface area (Å²) in [6, 6.07) is 0. The first-order chi connectivity index (χ1) is 8.66. The van der Waals surface area contributed by atoms with E-state index in [1.54, 1.807) is 0 Å². The first kappa shape index (κ1) is 18.0. The molecule has 1 unspecified atom stereocenters. The second-order valence-electron chi connectivity index (χ2n) is 5.73. The Morgan fingerprint density at radius 1 is 0.833 bits per heavy atom. The summed E-state index contributed by atoms with van der Waals surface area (Å²) in [6.45, 7) is 6.52. The molecule has 0 aliphatic rings.